The average molecular weight is 606 g/mol. The lowest BCUT2D eigenvalue weighted by atomic mass is 9.85. The molecule has 2 aliphatic heterocycles. The van der Waals surface area contributed by atoms with Crippen molar-refractivity contribution in [2.45, 2.75) is 62.4 Å². The number of pyridine rings is 1. The van der Waals surface area contributed by atoms with Crippen LogP contribution in [0.2, 0.25) is 0 Å². The van der Waals surface area contributed by atoms with E-state index in [1.54, 1.807) is 11.6 Å². The maximum Gasteiger partial charge on any atom is 0.314 e. The quantitative estimate of drug-likeness (QED) is 0.230. The first-order valence-corrected chi connectivity index (χ1v) is 15.6. The normalized spacial score (nSPS) is 21.0. The summed E-state index contributed by atoms with van der Waals surface area (Å²) in [5, 5.41) is 12.8. The Kier molecular flexibility index (Phi) is 6.93. The first-order chi connectivity index (χ1) is 22.1. The number of ether oxygens (including phenoxy) is 2. The van der Waals surface area contributed by atoms with Gasteiger partial charge in [-0.15, -0.1) is 5.10 Å². The summed E-state index contributed by atoms with van der Waals surface area (Å²) in [6.07, 6.45) is 9.49. The van der Waals surface area contributed by atoms with E-state index in [9.17, 15) is 4.79 Å². The maximum absolute atomic E-state index is 13.6. The zero-order valence-electron chi connectivity index (χ0n) is 25.1. The molecule has 12 heteroatoms. The number of carbonyl (C=O) groups is 1. The van der Waals surface area contributed by atoms with E-state index < -0.39 is 0 Å². The number of nitrogens with zero attached hydrogens (tertiary/aromatic N) is 7. The molecule has 0 spiro atoms. The van der Waals surface area contributed by atoms with Crippen LogP contribution in [0.1, 0.15) is 72.2 Å². The fraction of sp³-hybridized carbons (Fsp3) is 0.394. The minimum Gasteiger partial charge on any atom is -0.461 e. The second kappa shape index (κ2) is 11.3. The van der Waals surface area contributed by atoms with Crippen LogP contribution >= 0.6 is 0 Å². The third-order valence-electron chi connectivity index (χ3n) is 9.43. The van der Waals surface area contributed by atoms with Gasteiger partial charge in [-0.3, -0.25) is 14.8 Å². The number of aromatic nitrogens is 7. The van der Waals surface area contributed by atoms with Crippen molar-refractivity contribution in [3.05, 3.63) is 71.9 Å². The first-order valence-electron chi connectivity index (χ1n) is 15.6. The molecule has 1 aromatic carbocycles. The minimum atomic E-state index is -0.134. The molecular formula is C33H35N9O3. The van der Waals surface area contributed by atoms with E-state index in [-0.39, 0.29) is 35.7 Å². The van der Waals surface area contributed by atoms with Gasteiger partial charge in [-0.2, -0.15) is 9.61 Å². The largest absolute Gasteiger partial charge is 0.461 e. The molecule has 1 aliphatic carbocycles. The second-order valence-electron chi connectivity index (χ2n) is 12.2. The van der Waals surface area contributed by atoms with Crippen LogP contribution in [-0.2, 0) is 4.74 Å². The van der Waals surface area contributed by atoms with Gasteiger partial charge in [0.15, 0.2) is 5.65 Å². The van der Waals surface area contributed by atoms with Crippen LogP contribution in [0, 0.1) is 0 Å². The highest BCUT2D eigenvalue weighted by atomic mass is 16.5. The number of rotatable bonds is 9. The number of aromatic amines is 1. The van der Waals surface area contributed by atoms with E-state index in [0.717, 1.165) is 77.8 Å². The van der Waals surface area contributed by atoms with E-state index in [0.29, 0.717) is 24.9 Å². The molecule has 4 aromatic heterocycles. The van der Waals surface area contributed by atoms with E-state index in [1.807, 2.05) is 41.6 Å². The van der Waals surface area contributed by atoms with Gasteiger partial charge in [0.1, 0.15) is 12.4 Å². The summed E-state index contributed by atoms with van der Waals surface area (Å²) >= 11 is 0. The Morgan fingerprint density at radius 2 is 1.76 bits per heavy atom. The number of nitrogens with two attached hydrogens (primary N) is 1. The Bertz CT molecular complexity index is 1830. The monoisotopic (exact) mass is 605 g/mol. The molecule has 6 heterocycles. The molecule has 8 rings (SSSR count). The third kappa shape index (κ3) is 4.98. The van der Waals surface area contributed by atoms with Crippen molar-refractivity contribution in [1.82, 2.24) is 39.7 Å². The Morgan fingerprint density at radius 1 is 0.956 bits per heavy atom. The highest BCUT2D eigenvalue weighted by molar-refractivity contribution is 5.91. The van der Waals surface area contributed by atoms with Gasteiger partial charge >= 0.3 is 6.01 Å². The van der Waals surface area contributed by atoms with E-state index in [1.165, 1.54) is 0 Å². The summed E-state index contributed by atoms with van der Waals surface area (Å²) in [7, 11) is 1.60. The van der Waals surface area contributed by atoms with Crippen LogP contribution in [0.15, 0.2) is 54.9 Å². The molecule has 3 aliphatic rings. The summed E-state index contributed by atoms with van der Waals surface area (Å²) in [4.78, 5) is 28.6. The number of piperidine rings is 1. The van der Waals surface area contributed by atoms with Gasteiger partial charge in [0, 0.05) is 53.6 Å². The van der Waals surface area contributed by atoms with Crippen molar-refractivity contribution < 1.29 is 14.3 Å². The molecule has 3 N–H and O–H groups in total. The van der Waals surface area contributed by atoms with Crippen LogP contribution in [0.25, 0.3) is 28.0 Å². The van der Waals surface area contributed by atoms with E-state index in [4.69, 9.17) is 25.2 Å². The molecule has 3 fully saturated rings. The number of hydrogen-bond donors (Lipinski definition) is 2. The zero-order valence-corrected chi connectivity index (χ0v) is 25.1. The SMILES string of the molecule is COCCOc1nnc(C(=O)N2[C@@H]3CC[C@H]2C[C@@H](c2nc4c(-c5ccc(-c6ccccc6)nc5)cnn4c(N)c2C2CC2)C3)[nH]1. The molecule has 1 amide bonds. The van der Waals surface area contributed by atoms with Crippen LogP contribution in [-0.4, -0.2) is 78.0 Å². The van der Waals surface area contributed by atoms with E-state index >= 15 is 0 Å². The Hall–Kier alpha value is -4.84. The topological polar surface area (TPSA) is 149 Å². The number of carbonyl (C=O) groups excluding carboxylic acids is 1. The fourth-order valence-electron chi connectivity index (χ4n) is 7.17. The molecule has 0 radical (unpaired) electrons. The van der Waals surface area contributed by atoms with Crippen LogP contribution in [0.3, 0.4) is 0 Å². The second-order valence-corrected chi connectivity index (χ2v) is 12.2. The molecular weight excluding hydrogens is 570 g/mol. The predicted molar refractivity (Wildman–Crippen MR) is 167 cm³/mol. The predicted octanol–water partition coefficient (Wildman–Crippen LogP) is 4.61. The van der Waals surface area contributed by atoms with Crippen molar-refractivity contribution in [2.75, 3.05) is 26.1 Å². The molecule has 0 unspecified atom stereocenters. The van der Waals surface area contributed by atoms with Gasteiger partial charge in [0.05, 0.1) is 24.2 Å². The van der Waals surface area contributed by atoms with Crippen molar-refractivity contribution in [3.63, 3.8) is 0 Å². The average Bonchev–Trinajstić information content (AvgIpc) is 3.52. The number of amides is 1. The van der Waals surface area contributed by atoms with Gasteiger partial charge < -0.3 is 20.1 Å². The summed E-state index contributed by atoms with van der Waals surface area (Å²) in [5.41, 5.74) is 13.7. The third-order valence-corrected chi connectivity index (χ3v) is 9.43. The molecule has 230 valence electrons. The number of methoxy groups -OCH3 is 1. The molecule has 2 bridgehead atoms. The van der Waals surface area contributed by atoms with Crippen molar-refractivity contribution in [2.24, 2.45) is 0 Å². The molecule has 45 heavy (non-hydrogen) atoms. The van der Waals surface area contributed by atoms with Gasteiger partial charge in [-0.25, -0.2) is 4.98 Å². The number of H-pyrrole nitrogens is 1. The van der Waals surface area contributed by atoms with Gasteiger partial charge in [-0.1, -0.05) is 41.5 Å². The standard InChI is InChI=1S/C33H35N9O3/c1-44-13-14-45-33-38-30(39-40-33)32(43)41-23-10-11-24(41)16-22(15-23)28-27(20-7-8-20)29(34)42-31(37-28)25(18-36-42)21-9-12-26(35-17-21)19-5-3-2-4-6-19/h2-6,9,12,17-18,20,22-24H,7-8,10-11,13-16,34H2,1H3,(H,38,39,40)/t22-,23+,24-. The molecule has 5 aromatic rings. The van der Waals surface area contributed by atoms with Gasteiger partial charge in [-0.05, 0) is 50.5 Å². The van der Waals surface area contributed by atoms with Crippen LogP contribution in [0.4, 0.5) is 5.82 Å². The Balaban J connectivity index is 1.08. The fourth-order valence-corrected chi connectivity index (χ4v) is 7.17. The summed E-state index contributed by atoms with van der Waals surface area (Å²) < 4.78 is 12.3. The lowest BCUT2D eigenvalue weighted by Crippen LogP contribution is -2.46. The van der Waals surface area contributed by atoms with Crippen LogP contribution in [0.5, 0.6) is 6.01 Å². The summed E-state index contributed by atoms with van der Waals surface area (Å²) in [6.45, 7) is 0.751. The summed E-state index contributed by atoms with van der Waals surface area (Å²) in [5.74, 6) is 1.34. The molecule has 2 saturated heterocycles. The van der Waals surface area contributed by atoms with Crippen LogP contribution < -0.4 is 10.5 Å². The number of fused-ring (bicyclic) bond motifs is 3. The highest BCUT2D eigenvalue weighted by Crippen LogP contribution is 2.50. The summed E-state index contributed by atoms with van der Waals surface area (Å²) in [6, 6.07) is 14.6. The van der Waals surface area contributed by atoms with Crippen molar-refractivity contribution in [3.8, 4) is 28.4 Å². The number of nitrogen functional groups attached to an aromatic ring is 1. The number of anilines is 1. The Morgan fingerprint density at radius 3 is 2.47 bits per heavy atom. The van der Waals surface area contributed by atoms with Crippen molar-refractivity contribution in [1.29, 1.82) is 0 Å². The smallest absolute Gasteiger partial charge is 0.314 e. The Labute approximate surface area is 260 Å². The van der Waals surface area contributed by atoms with Crippen molar-refractivity contribution >= 4 is 17.4 Å². The minimum absolute atomic E-state index is 0.0922. The van der Waals surface area contributed by atoms with Gasteiger partial charge in [0.2, 0.25) is 5.82 Å². The van der Waals surface area contributed by atoms with E-state index in [2.05, 4.69) is 38.5 Å². The molecule has 3 atom stereocenters. The zero-order chi connectivity index (χ0) is 30.5. The first kappa shape index (κ1) is 27.7. The number of benzene rings is 1. The number of hydrogen-bond acceptors (Lipinski definition) is 9. The van der Waals surface area contributed by atoms with Gasteiger partial charge in [0.25, 0.3) is 5.91 Å². The lowest BCUT2D eigenvalue weighted by Gasteiger charge is -2.39. The number of nitrogens with one attached hydrogen (secondary N) is 1. The lowest BCUT2D eigenvalue weighted by molar-refractivity contribution is 0.0556. The highest BCUT2D eigenvalue weighted by Gasteiger charge is 2.46. The molecule has 1 saturated carbocycles. The molecule has 12 nitrogen and oxygen atoms in total. The maximum atomic E-state index is 13.6.